The van der Waals surface area contributed by atoms with Gasteiger partial charge in [-0.25, -0.2) is 0 Å². The quantitative estimate of drug-likeness (QED) is 0.689. The number of hydrogen-bond acceptors (Lipinski definition) is 3. The Labute approximate surface area is 89.2 Å². The summed E-state index contributed by atoms with van der Waals surface area (Å²) in [6.45, 7) is 2.60. The zero-order valence-electron chi connectivity index (χ0n) is 8.98. The third-order valence-corrected chi connectivity index (χ3v) is 3.18. The van der Waals surface area contributed by atoms with Gasteiger partial charge >= 0.3 is 0 Å². The van der Waals surface area contributed by atoms with Gasteiger partial charge in [-0.05, 0) is 12.8 Å². The Hall–Kier alpha value is -0.870. The highest BCUT2D eigenvalue weighted by Crippen LogP contribution is 2.37. The van der Waals surface area contributed by atoms with Crippen LogP contribution in [0.4, 0.5) is 0 Å². The number of aryl methyl sites for hydroxylation is 1. The van der Waals surface area contributed by atoms with E-state index in [0.717, 1.165) is 32.7 Å². The molecule has 0 aliphatic carbocycles. The molecule has 0 spiro atoms. The lowest BCUT2D eigenvalue weighted by Crippen LogP contribution is -2.15. The molecule has 82 valence electrons. The van der Waals surface area contributed by atoms with Crippen LogP contribution in [0.3, 0.4) is 0 Å². The maximum absolute atomic E-state index is 5.38. The van der Waals surface area contributed by atoms with Gasteiger partial charge in [0, 0.05) is 37.9 Å². The van der Waals surface area contributed by atoms with Crippen molar-refractivity contribution >= 4 is 0 Å². The average Bonchev–Trinajstić information content (AvgIpc) is 3.03. The minimum Gasteiger partial charge on any atom is -0.381 e. The number of epoxide rings is 1. The van der Waals surface area contributed by atoms with Crippen LogP contribution in [-0.2, 0) is 16.5 Å². The van der Waals surface area contributed by atoms with Crippen molar-refractivity contribution in [3.05, 3.63) is 17.5 Å². The normalized spacial score (nSPS) is 26.9. The van der Waals surface area contributed by atoms with Crippen molar-refractivity contribution in [1.82, 2.24) is 9.78 Å². The zero-order valence-corrected chi connectivity index (χ0v) is 8.98. The monoisotopic (exact) mass is 208 g/mol. The summed E-state index contributed by atoms with van der Waals surface area (Å²) in [5, 5.41) is 4.58. The summed E-state index contributed by atoms with van der Waals surface area (Å²) in [6.07, 6.45) is 4.60. The predicted molar refractivity (Wildman–Crippen MR) is 54.7 cm³/mol. The maximum atomic E-state index is 5.38. The van der Waals surface area contributed by atoms with Crippen LogP contribution >= 0.6 is 0 Å². The Balaban J connectivity index is 1.87. The van der Waals surface area contributed by atoms with E-state index in [1.807, 2.05) is 11.7 Å². The van der Waals surface area contributed by atoms with Gasteiger partial charge in [-0.1, -0.05) is 0 Å². The fraction of sp³-hybridized carbons (Fsp3) is 0.727. The Morgan fingerprint density at radius 1 is 1.40 bits per heavy atom. The van der Waals surface area contributed by atoms with Crippen molar-refractivity contribution in [2.45, 2.75) is 24.9 Å². The van der Waals surface area contributed by atoms with E-state index in [1.165, 1.54) is 11.3 Å². The molecule has 3 heterocycles. The smallest absolute Gasteiger partial charge is 0.109 e. The molecule has 2 aliphatic heterocycles. The van der Waals surface area contributed by atoms with Gasteiger partial charge in [-0.15, -0.1) is 0 Å². The second-order valence-electron chi connectivity index (χ2n) is 4.35. The first kappa shape index (κ1) is 9.36. The molecule has 0 saturated carbocycles. The largest absolute Gasteiger partial charge is 0.381 e. The van der Waals surface area contributed by atoms with Gasteiger partial charge in [0.15, 0.2) is 0 Å². The molecule has 0 radical (unpaired) electrons. The van der Waals surface area contributed by atoms with E-state index in [0.29, 0.717) is 12.0 Å². The molecule has 3 rings (SSSR count). The van der Waals surface area contributed by atoms with Crippen LogP contribution < -0.4 is 0 Å². The summed E-state index contributed by atoms with van der Waals surface area (Å²) in [6, 6.07) is 0. The molecule has 0 N–H and O–H groups in total. The highest BCUT2D eigenvalue weighted by Gasteiger charge is 2.32. The molecular formula is C11H16N2O2. The Bertz CT molecular complexity index is 351. The van der Waals surface area contributed by atoms with Gasteiger partial charge in [-0.2, -0.15) is 5.10 Å². The summed E-state index contributed by atoms with van der Waals surface area (Å²) in [5.74, 6) is 0.569. The highest BCUT2D eigenvalue weighted by atomic mass is 16.6. The van der Waals surface area contributed by atoms with E-state index in [-0.39, 0.29) is 0 Å². The summed E-state index contributed by atoms with van der Waals surface area (Å²) >= 11 is 0. The topological polar surface area (TPSA) is 39.6 Å². The molecule has 4 heteroatoms. The highest BCUT2D eigenvalue weighted by molar-refractivity contribution is 5.26. The zero-order chi connectivity index (χ0) is 10.3. The van der Waals surface area contributed by atoms with Crippen molar-refractivity contribution in [1.29, 1.82) is 0 Å². The first-order valence-electron chi connectivity index (χ1n) is 5.57. The number of hydrogen-bond donors (Lipinski definition) is 0. The number of nitrogens with zero attached hydrogens (tertiary/aromatic N) is 2. The molecule has 1 atom stereocenters. The standard InChI is InChI=1S/C11H16N2O2/c1-13-6-9(10-7-15-10)11(12-13)8-2-4-14-5-3-8/h6,8,10H,2-5,7H2,1H3. The van der Waals surface area contributed by atoms with E-state index in [4.69, 9.17) is 9.47 Å². The van der Waals surface area contributed by atoms with Crippen molar-refractivity contribution in [3.8, 4) is 0 Å². The Morgan fingerprint density at radius 3 is 2.80 bits per heavy atom. The van der Waals surface area contributed by atoms with Gasteiger partial charge in [0.2, 0.25) is 0 Å². The van der Waals surface area contributed by atoms with Crippen LogP contribution in [0.2, 0.25) is 0 Å². The van der Waals surface area contributed by atoms with Crippen LogP contribution in [0.1, 0.15) is 36.1 Å². The summed E-state index contributed by atoms with van der Waals surface area (Å²) < 4.78 is 12.6. The molecule has 0 aromatic carbocycles. The van der Waals surface area contributed by atoms with Crippen LogP contribution in [0, 0.1) is 0 Å². The Kier molecular flexibility index (Phi) is 2.25. The van der Waals surface area contributed by atoms with E-state index >= 15 is 0 Å². The second-order valence-corrected chi connectivity index (χ2v) is 4.35. The van der Waals surface area contributed by atoms with E-state index in [2.05, 4.69) is 11.3 Å². The summed E-state index contributed by atoms with van der Waals surface area (Å²) in [7, 11) is 1.98. The van der Waals surface area contributed by atoms with Crippen molar-refractivity contribution < 1.29 is 9.47 Å². The lowest BCUT2D eigenvalue weighted by Gasteiger charge is -2.21. The third kappa shape index (κ3) is 1.79. The molecule has 2 aliphatic rings. The molecule has 4 nitrogen and oxygen atoms in total. The molecule has 0 amide bonds. The lowest BCUT2D eigenvalue weighted by molar-refractivity contribution is 0.0841. The molecule has 1 aromatic rings. The van der Waals surface area contributed by atoms with Crippen LogP contribution in [0.25, 0.3) is 0 Å². The molecule has 0 bridgehead atoms. The number of aromatic nitrogens is 2. The Morgan fingerprint density at radius 2 is 2.13 bits per heavy atom. The predicted octanol–water partition coefficient (Wildman–Crippen LogP) is 1.39. The fourth-order valence-corrected chi connectivity index (χ4v) is 2.29. The van der Waals surface area contributed by atoms with Crippen molar-refractivity contribution in [2.24, 2.45) is 7.05 Å². The van der Waals surface area contributed by atoms with Crippen LogP contribution in [0.5, 0.6) is 0 Å². The SMILES string of the molecule is Cn1cc(C2CO2)c(C2CCOCC2)n1. The summed E-state index contributed by atoms with van der Waals surface area (Å²) in [4.78, 5) is 0. The average molecular weight is 208 g/mol. The first-order valence-corrected chi connectivity index (χ1v) is 5.57. The minimum absolute atomic E-state index is 0.316. The van der Waals surface area contributed by atoms with Gasteiger partial charge in [0.25, 0.3) is 0 Å². The van der Waals surface area contributed by atoms with Gasteiger partial charge in [0.1, 0.15) is 6.10 Å². The first-order chi connectivity index (χ1) is 7.34. The molecular weight excluding hydrogens is 192 g/mol. The minimum atomic E-state index is 0.316. The van der Waals surface area contributed by atoms with Crippen molar-refractivity contribution in [2.75, 3.05) is 19.8 Å². The number of rotatable bonds is 2. The molecule has 1 unspecified atom stereocenters. The number of ether oxygens (including phenoxy) is 2. The van der Waals surface area contributed by atoms with E-state index < -0.39 is 0 Å². The van der Waals surface area contributed by atoms with Crippen LogP contribution in [-0.4, -0.2) is 29.6 Å². The molecule has 15 heavy (non-hydrogen) atoms. The lowest BCUT2D eigenvalue weighted by atomic mass is 9.93. The maximum Gasteiger partial charge on any atom is 0.109 e. The fourth-order valence-electron chi connectivity index (χ4n) is 2.29. The van der Waals surface area contributed by atoms with E-state index in [9.17, 15) is 0 Å². The summed E-state index contributed by atoms with van der Waals surface area (Å²) in [5.41, 5.74) is 2.53. The second kappa shape index (κ2) is 3.61. The van der Waals surface area contributed by atoms with E-state index in [1.54, 1.807) is 0 Å². The molecule has 2 saturated heterocycles. The van der Waals surface area contributed by atoms with Gasteiger partial charge < -0.3 is 9.47 Å². The van der Waals surface area contributed by atoms with Crippen LogP contribution in [0.15, 0.2) is 6.20 Å². The third-order valence-electron chi connectivity index (χ3n) is 3.18. The molecule has 1 aromatic heterocycles. The van der Waals surface area contributed by atoms with Gasteiger partial charge in [0.05, 0.1) is 12.3 Å². The molecule has 2 fully saturated rings. The van der Waals surface area contributed by atoms with Gasteiger partial charge in [-0.3, -0.25) is 4.68 Å². The van der Waals surface area contributed by atoms with Crippen molar-refractivity contribution in [3.63, 3.8) is 0 Å².